The Morgan fingerprint density at radius 1 is 1.29 bits per heavy atom. The van der Waals surface area contributed by atoms with Crippen molar-refractivity contribution in [3.63, 3.8) is 0 Å². The van der Waals surface area contributed by atoms with E-state index in [-0.39, 0.29) is 5.92 Å². The van der Waals surface area contributed by atoms with Gasteiger partial charge in [0.1, 0.15) is 5.75 Å². The second kappa shape index (κ2) is 5.09. The van der Waals surface area contributed by atoms with E-state index in [2.05, 4.69) is 38.4 Å². The topological polar surface area (TPSA) is 66.6 Å². The van der Waals surface area contributed by atoms with Crippen LogP contribution in [0.5, 0.6) is 5.75 Å². The first-order chi connectivity index (χ1) is 10.4. The van der Waals surface area contributed by atoms with Crippen molar-refractivity contribution in [2.75, 3.05) is 6.61 Å². The lowest BCUT2D eigenvalue weighted by molar-refractivity contribution is 0.352. The molecular weight excluding hydrogens is 264 g/mol. The minimum absolute atomic E-state index is 0.181. The fraction of sp³-hybridized carbons (Fsp3) is 0.250. The minimum Gasteiger partial charge on any atom is -0.493 e. The molecule has 0 radical (unpaired) electrons. The normalized spacial score (nSPS) is 14.7. The van der Waals surface area contributed by atoms with Gasteiger partial charge < -0.3 is 9.72 Å². The minimum atomic E-state index is 0.181. The average molecular weight is 280 g/mol. The number of para-hydroxylation sites is 1. The number of imidazole rings is 1. The Kier molecular flexibility index (Phi) is 2.96. The number of benzene rings is 1. The van der Waals surface area contributed by atoms with Gasteiger partial charge in [-0.2, -0.15) is 5.10 Å². The van der Waals surface area contributed by atoms with Gasteiger partial charge in [0.05, 0.1) is 12.9 Å². The van der Waals surface area contributed by atoms with Crippen LogP contribution >= 0.6 is 0 Å². The zero-order chi connectivity index (χ0) is 14.1. The van der Waals surface area contributed by atoms with Gasteiger partial charge in [-0.05, 0) is 11.6 Å². The van der Waals surface area contributed by atoms with Crippen molar-refractivity contribution in [1.82, 2.24) is 20.2 Å². The van der Waals surface area contributed by atoms with E-state index in [9.17, 15) is 0 Å². The van der Waals surface area contributed by atoms with Crippen LogP contribution in [0.25, 0.3) is 0 Å². The Morgan fingerprint density at radius 3 is 3.10 bits per heavy atom. The van der Waals surface area contributed by atoms with Gasteiger partial charge in [0.2, 0.25) is 0 Å². The largest absolute Gasteiger partial charge is 0.493 e. The first-order valence-electron chi connectivity index (χ1n) is 7.13. The van der Waals surface area contributed by atoms with Crippen LogP contribution in [0.3, 0.4) is 0 Å². The first kappa shape index (κ1) is 12.2. The highest BCUT2D eigenvalue weighted by molar-refractivity contribution is 5.48. The summed E-state index contributed by atoms with van der Waals surface area (Å²) in [5, 5.41) is 7.08. The molecule has 1 atom stereocenters. The maximum absolute atomic E-state index is 5.87. The van der Waals surface area contributed by atoms with E-state index in [1.807, 2.05) is 12.3 Å². The molecule has 2 aromatic heterocycles. The first-order valence-corrected chi connectivity index (χ1v) is 7.13. The van der Waals surface area contributed by atoms with Crippen molar-refractivity contribution in [3.05, 3.63) is 65.5 Å². The molecule has 0 fully saturated rings. The molecular formula is C16H16N4O. The molecule has 5 nitrogen and oxygen atoms in total. The summed E-state index contributed by atoms with van der Waals surface area (Å²) in [6, 6.07) is 8.41. The predicted molar refractivity (Wildman–Crippen MR) is 78.4 cm³/mol. The summed E-state index contributed by atoms with van der Waals surface area (Å²) in [6.07, 6.45) is 7.21. The molecule has 1 aromatic carbocycles. The monoisotopic (exact) mass is 280 g/mol. The van der Waals surface area contributed by atoms with Crippen molar-refractivity contribution in [1.29, 1.82) is 0 Å². The standard InChI is InChI=1S/C16H16N4O/c1-2-11-5-7-21-16(11)13(3-1)14(15-9-17-10-18-15)8-12-4-6-19-20-12/h1-4,6,9-10,14H,5,7-8H2,(H,17,18)(H,19,20)/t14-/m0/s1. The third kappa shape index (κ3) is 2.20. The van der Waals surface area contributed by atoms with Crippen LogP contribution in [-0.2, 0) is 12.8 Å². The van der Waals surface area contributed by atoms with E-state index in [0.717, 1.165) is 36.6 Å². The Labute approximate surface area is 122 Å². The lowest BCUT2D eigenvalue weighted by Crippen LogP contribution is -2.07. The molecule has 0 unspecified atom stereocenters. The Hall–Kier alpha value is -2.56. The number of aromatic nitrogens is 4. The Bertz CT molecular complexity index is 719. The van der Waals surface area contributed by atoms with E-state index in [1.54, 1.807) is 12.5 Å². The second-order valence-electron chi connectivity index (χ2n) is 5.28. The molecule has 0 saturated carbocycles. The fourth-order valence-electron chi connectivity index (χ4n) is 2.98. The summed E-state index contributed by atoms with van der Waals surface area (Å²) < 4.78 is 5.87. The molecule has 3 heterocycles. The van der Waals surface area contributed by atoms with Gasteiger partial charge in [-0.1, -0.05) is 18.2 Å². The summed E-state index contributed by atoms with van der Waals surface area (Å²) in [5.74, 6) is 1.22. The zero-order valence-electron chi connectivity index (χ0n) is 11.5. The van der Waals surface area contributed by atoms with Gasteiger partial charge in [-0.25, -0.2) is 4.98 Å². The van der Waals surface area contributed by atoms with Crippen molar-refractivity contribution in [2.24, 2.45) is 0 Å². The van der Waals surface area contributed by atoms with Gasteiger partial charge in [-0.3, -0.25) is 5.10 Å². The quantitative estimate of drug-likeness (QED) is 0.771. The van der Waals surface area contributed by atoms with Gasteiger partial charge in [0.25, 0.3) is 0 Å². The SMILES string of the molecule is c1cc2c(c([C@H](Cc3ccn[nH]3)c3cnc[nH]3)c1)OCC2. The number of hydrogen-bond acceptors (Lipinski definition) is 3. The summed E-state index contributed by atoms with van der Waals surface area (Å²) in [4.78, 5) is 7.41. The highest BCUT2D eigenvalue weighted by atomic mass is 16.5. The van der Waals surface area contributed by atoms with Crippen LogP contribution in [-0.4, -0.2) is 26.8 Å². The van der Waals surface area contributed by atoms with Crippen molar-refractivity contribution in [3.8, 4) is 5.75 Å². The molecule has 21 heavy (non-hydrogen) atoms. The number of nitrogens with zero attached hydrogens (tertiary/aromatic N) is 2. The highest BCUT2D eigenvalue weighted by Crippen LogP contribution is 2.38. The van der Waals surface area contributed by atoms with E-state index in [4.69, 9.17) is 4.74 Å². The molecule has 106 valence electrons. The van der Waals surface area contributed by atoms with E-state index >= 15 is 0 Å². The van der Waals surface area contributed by atoms with Crippen LogP contribution in [0, 0.1) is 0 Å². The third-order valence-corrected chi connectivity index (χ3v) is 4.00. The summed E-state index contributed by atoms with van der Waals surface area (Å²) in [5.41, 5.74) is 4.70. The molecule has 4 rings (SSSR count). The van der Waals surface area contributed by atoms with Crippen molar-refractivity contribution < 1.29 is 4.74 Å². The summed E-state index contributed by atoms with van der Waals surface area (Å²) >= 11 is 0. The number of H-pyrrole nitrogens is 2. The molecule has 1 aliphatic rings. The highest BCUT2D eigenvalue weighted by Gasteiger charge is 2.24. The van der Waals surface area contributed by atoms with E-state index in [1.165, 1.54) is 11.1 Å². The molecule has 1 aliphatic heterocycles. The van der Waals surface area contributed by atoms with Crippen molar-refractivity contribution in [2.45, 2.75) is 18.8 Å². The van der Waals surface area contributed by atoms with Gasteiger partial charge in [0.15, 0.2) is 0 Å². The maximum Gasteiger partial charge on any atom is 0.126 e. The lowest BCUT2D eigenvalue weighted by Gasteiger charge is -2.18. The maximum atomic E-state index is 5.87. The third-order valence-electron chi connectivity index (χ3n) is 4.00. The molecule has 2 N–H and O–H groups in total. The molecule has 0 amide bonds. The molecule has 3 aromatic rings. The zero-order valence-corrected chi connectivity index (χ0v) is 11.5. The van der Waals surface area contributed by atoms with Crippen molar-refractivity contribution >= 4 is 0 Å². The molecule has 5 heteroatoms. The summed E-state index contributed by atoms with van der Waals surface area (Å²) in [6.45, 7) is 0.770. The number of aromatic amines is 2. The van der Waals surface area contributed by atoms with Gasteiger partial charge in [0, 0.05) is 48.1 Å². The van der Waals surface area contributed by atoms with E-state index < -0.39 is 0 Å². The Morgan fingerprint density at radius 2 is 2.29 bits per heavy atom. The fourth-order valence-corrected chi connectivity index (χ4v) is 2.98. The Balaban J connectivity index is 1.78. The number of nitrogens with one attached hydrogen (secondary N) is 2. The second-order valence-corrected chi connectivity index (χ2v) is 5.28. The van der Waals surface area contributed by atoms with Gasteiger partial charge in [-0.15, -0.1) is 0 Å². The molecule has 0 saturated heterocycles. The van der Waals surface area contributed by atoms with Gasteiger partial charge >= 0.3 is 0 Å². The average Bonchev–Trinajstić information content (AvgIpc) is 3.24. The van der Waals surface area contributed by atoms with Crippen LogP contribution < -0.4 is 4.74 Å². The molecule has 0 aliphatic carbocycles. The van der Waals surface area contributed by atoms with Crippen LogP contribution in [0.4, 0.5) is 0 Å². The molecule has 0 bridgehead atoms. The van der Waals surface area contributed by atoms with Crippen LogP contribution in [0.1, 0.15) is 28.4 Å². The predicted octanol–water partition coefficient (Wildman–Crippen LogP) is 2.44. The summed E-state index contributed by atoms with van der Waals surface area (Å²) in [7, 11) is 0. The number of hydrogen-bond donors (Lipinski definition) is 2. The van der Waals surface area contributed by atoms with Crippen LogP contribution in [0.15, 0.2) is 43.0 Å². The number of fused-ring (bicyclic) bond motifs is 1. The number of ether oxygens (including phenoxy) is 1. The molecule has 0 spiro atoms. The number of rotatable bonds is 4. The van der Waals surface area contributed by atoms with E-state index in [0.29, 0.717) is 0 Å². The van der Waals surface area contributed by atoms with Crippen LogP contribution in [0.2, 0.25) is 0 Å². The lowest BCUT2D eigenvalue weighted by atomic mass is 9.89. The smallest absolute Gasteiger partial charge is 0.126 e.